The average Bonchev–Trinajstić information content (AvgIpc) is 2.82. The second-order valence-corrected chi connectivity index (χ2v) is 6.80. The molecule has 1 aromatic heterocycles. The maximum Gasteiger partial charge on any atom is 0.120 e. The minimum absolute atomic E-state index is 0.565. The smallest absolute Gasteiger partial charge is 0.120 e. The molecule has 2 aromatic rings. The number of benzene rings is 1. The molecule has 1 unspecified atom stereocenters. The minimum atomic E-state index is 0.565. The van der Waals surface area contributed by atoms with Crippen molar-refractivity contribution in [3.05, 3.63) is 29.5 Å². The van der Waals surface area contributed by atoms with Crippen LogP contribution in [0.25, 0.3) is 10.9 Å². The number of nitrogens with one attached hydrogen (secondary N) is 1. The van der Waals surface area contributed by atoms with Crippen LogP contribution >= 0.6 is 0 Å². The number of fused-ring (bicyclic) bond motifs is 3. The third kappa shape index (κ3) is 2.15. The molecule has 1 aliphatic carbocycles. The normalized spacial score (nSPS) is 20.8. The minimum Gasteiger partial charge on any atom is -0.493 e. The van der Waals surface area contributed by atoms with Gasteiger partial charge in [0.15, 0.2) is 0 Å². The Morgan fingerprint density at radius 1 is 1.38 bits per heavy atom. The SMILES string of the molecule is CC(C)COc1ccc2c(c1)c1c3n2CCNC3CCC1. The van der Waals surface area contributed by atoms with Gasteiger partial charge in [-0.2, -0.15) is 0 Å². The van der Waals surface area contributed by atoms with Crippen LogP contribution in [-0.2, 0) is 13.0 Å². The fourth-order valence-corrected chi connectivity index (χ4v) is 3.85. The number of aryl methyl sites for hydroxylation is 1. The van der Waals surface area contributed by atoms with Crippen molar-refractivity contribution in [3.63, 3.8) is 0 Å². The van der Waals surface area contributed by atoms with Gasteiger partial charge in [-0.3, -0.25) is 0 Å². The summed E-state index contributed by atoms with van der Waals surface area (Å²) in [6, 6.07) is 7.22. The Morgan fingerprint density at radius 3 is 3.14 bits per heavy atom. The van der Waals surface area contributed by atoms with Crippen LogP contribution in [-0.4, -0.2) is 17.7 Å². The van der Waals surface area contributed by atoms with Crippen LogP contribution in [0.1, 0.15) is 44.0 Å². The summed E-state index contributed by atoms with van der Waals surface area (Å²) in [6.07, 6.45) is 3.78. The Balaban J connectivity index is 1.81. The van der Waals surface area contributed by atoms with Gasteiger partial charge in [0.1, 0.15) is 5.75 Å². The van der Waals surface area contributed by atoms with Crippen LogP contribution in [0.4, 0.5) is 0 Å². The fraction of sp³-hybridized carbons (Fsp3) is 0.556. The van der Waals surface area contributed by atoms with Gasteiger partial charge in [0.2, 0.25) is 0 Å². The Kier molecular flexibility index (Phi) is 3.18. The summed E-state index contributed by atoms with van der Waals surface area (Å²) in [5.74, 6) is 1.58. The monoisotopic (exact) mass is 284 g/mol. The van der Waals surface area contributed by atoms with Gasteiger partial charge in [-0.1, -0.05) is 13.8 Å². The van der Waals surface area contributed by atoms with E-state index in [1.54, 1.807) is 11.3 Å². The molecule has 2 aliphatic rings. The molecule has 0 radical (unpaired) electrons. The standard InChI is InChI=1S/C18H24N2O/c1-12(2)11-21-13-6-7-17-15(10-13)14-4-3-5-16-18(14)20(17)9-8-19-16/h6-7,10,12,16,19H,3-5,8-9,11H2,1-2H3. The van der Waals surface area contributed by atoms with E-state index in [2.05, 4.69) is 41.9 Å². The number of hydrogen-bond donors (Lipinski definition) is 1. The van der Waals surface area contributed by atoms with Gasteiger partial charge in [-0.25, -0.2) is 0 Å². The number of ether oxygens (including phenoxy) is 1. The largest absolute Gasteiger partial charge is 0.493 e. The van der Waals surface area contributed by atoms with Crippen LogP contribution in [0.2, 0.25) is 0 Å². The van der Waals surface area contributed by atoms with Crippen LogP contribution in [0, 0.1) is 5.92 Å². The van der Waals surface area contributed by atoms with E-state index >= 15 is 0 Å². The summed E-state index contributed by atoms with van der Waals surface area (Å²) in [4.78, 5) is 0. The van der Waals surface area contributed by atoms with Crippen molar-refractivity contribution in [1.29, 1.82) is 0 Å². The first kappa shape index (κ1) is 13.2. The second kappa shape index (κ2) is 5.06. The van der Waals surface area contributed by atoms with Crippen molar-refractivity contribution in [3.8, 4) is 5.75 Å². The Bertz CT molecular complexity index is 669. The number of nitrogens with zero attached hydrogens (tertiary/aromatic N) is 1. The van der Waals surface area contributed by atoms with E-state index in [1.165, 1.54) is 30.2 Å². The van der Waals surface area contributed by atoms with E-state index in [4.69, 9.17) is 4.74 Å². The van der Waals surface area contributed by atoms with Gasteiger partial charge in [0, 0.05) is 35.7 Å². The average molecular weight is 284 g/mol. The molecule has 0 bridgehead atoms. The zero-order valence-corrected chi connectivity index (χ0v) is 13.0. The van der Waals surface area contributed by atoms with Crippen LogP contribution in [0.3, 0.4) is 0 Å². The highest BCUT2D eigenvalue weighted by Crippen LogP contribution is 2.39. The molecule has 1 atom stereocenters. The third-order valence-electron chi connectivity index (χ3n) is 4.74. The second-order valence-electron chi connectivity index (χ2n) is 6.80. The highest BCUT2D eigenvalue weighted by atomic mass is 16.5. The number of rotatable bonds is 3. The lowest BCUT2D eigenvalue weighted by atomic mass is 9.91. The third-order valence-corrected chi connectivity index (χ3v) is 4.74. The van der Waals surface area contributed by atoms with Gasteiger partial charge in [-0.15, -0.1) is 0 Å². The molecule has 0 saturated heterocycles. The van der Waals surface area contributed by atoms with Gasteiger partial charge in [-0.05, 0) is 48.9 Å². The van der Waals surface area contributed by atoms with Gasteiger partial charge in [0.25, 0.3) is 0 Å². The molecular formula is C18H24N2O. The maximum absolute atomic E-state index is 5.93. The van der Waals surface area contributed by atoms with Crippen LogP contribution < -0.4 is 10.1 Å². The Hall–Kier alpha value is -1.48. The molecule has 3 heteroatoms. The summed E-state index contributed by atoms with van der Waals surface area (Å²) >= 11 is 0. The summed E-state index contributed by atoms with van der Waals surface area (Å²) < 4.78 is 8.47. The van der Waals surface area contributed by atoms with E-state index < -0.39 is 0 Å². The van der Waals surface area contributed by atoms with Crippen molar-refractivity contribution in [2.75, 3.05) is 13.2 Å². The quantitative estimate of drug-likeness (QED) is 0.931. The van der Waals surface area contributed by atoms with Gasteiger partial charge in [0.05, 0.1) is 6.61 Å². The molecular weight excluding hydrogens is 260 g/mol. The molecule has 2 heterocycles. The molecule has 1 aliphatic heterocycles. The summed E-state index contributed by atoms with van der Waals surface area (Å²) in [7, 11) is 0. The Labute approximate surface area is 126 Å². The first-order valence-corrected chi connectivity index (χ1v) is 8.25. The zero-order valence-electron chi connectivity index (χ0n) is 13.0. The highest BCUT2D eigenvalue weighted by molar-refractivity contribution is 5.87. The first-order valence-electron chi connectivity index (χ1n) is 8.25. The maximum atomic E-state index is 5.93. The molecule has 21 heavy (non-hydrogen) atoms. The van der Waals surface area contributed by atoms with E-state index in [9.17, 15) is 0 Å². The van der Waals surface area contributed by atoms with Crippen molar-refractivity contribution < 1.29 is 4.74 Å². The summed E-state index contributed by atoms with van der Waals surface area (Å²) in [6.45, 7) is 7.35. The van der Waals surface area contributed by atoms with E-state index in [-0.39, 0.29) is 0 Å². The molecule has 1 aromatic carbocycles. The lowest BCUT2D eigenvalue weighted by Crippen LogP contribution is -2.35. The van der Waals surface area contributed by atoms with Crippen molar-refractivity contribution in [1.82, 2.24) is 9.88 Å². The van der Waals surface area contributed by atoms with Crippen LogP contribution in [0.15, 0.2) is 18.2 Å². The van der Waals surface area contributed by atoms with Crippen LogP contribution in [0.5, 0.6) is 5.75 Å². The molecule has 3 nitrogen and oxygen atoms in total. The van der Waals surface area contributed by atoms with E-state index in [0.29, 0.717) is 12.0 Å². The lowest BCUT2D eigenvalue weighted by molar-refractivity contribution is 0.271. The highest BCUT2D eigenvalue weighted by Gasteiger charge is 2.29. The summed E-state index contributed by atoms with van der Waals surface area (Å²) in [5.41, 5.74) is 4.50. The number of aromatic nitrogens is 1. The van der Waals surface area contributed by atoms with E-state index in [1.807, 2.05) is 0 Å². The topological polar surface area (TPSA) is 26.2 Å². The molecule has 4 rings (SSSR count). The van der Waals surface area contributed by atoms with Crippen molar-refractivity contribution in [2.45, 2.75) is 45.7 Å². The molecule has 0 amide bonds. The molecule has 112 valence electrons. The number of hydrogen-bond acceptors (Lipinski definition) is 2. The molecule has 1 N–H and O–H groups in total. The fourth-order valence-electron chi connectivity index (χ4n) is 3.85. The lowest BCUT2D eigenvalue weighted by Gasteiger charge is -2.31. The zero-order chi connectivity index (χ0) is 14.4. The predicted octanol–water partition coefficient (Wildman–Crippen LogP) is 3.66. The molecule has 0 spiro atoms. The first-order chi connectivity index (χ1) is 10.2. The van der Waals surface area contributed by atoms with Gasteiger partial charge >= 0.3 is 0 Å². The summed E-state index contributed by atoms with van der Waals surface area (Å²) in [5, 5.41) is 5.10. The van der Waals surface area contributed by atoms with Crippen molar-refractivity contribution >= 4 is 10.9 Å². The van der Waals surface area contributed by atoms with Gasteiger partial charge < -0.3 is 14.6 Å². The van der Waals surface area contributed by atoms with E-state index in [0.717, 1.165) is 25.4 Å². The predicted molar refractivity (Wildman–Crippen MR) is 86.0 cm³/mol. The molecule has 0 saturated carbocycles. The Morgan fingerprint density at radius 2 is 2.29 bits per heavy atom. The molecule has 0 fully saturated rings. The van der Waals surface area contributed by atoms with Crippen molar-refractivity contribution in [2.24, 2.45) is 5.92 Å².